The molecule has 4 heterocycles. The number of likely N-dealkylation sites (tertiary alicyclic amines) is 1. The molecule has 0 aliphatic carbocycles. The lowest BCUT2D eigenvalue weighted by Gasteiger charge is -2.15. The molecule has 0 aromatic carbocycles. The molecule has 3 N–H and O–H groups in total. The minimum atomic E-state index is -0.186. The van der Waals surface area contributed by atoms with Crippen LogP contribution in [0.3, 0.4) is 0 Å². The molecule has 2 saturated heterocycles. The van der Waals surface area contributed by atoms with Gasteiger partial charge in [-0.2, -0.15) is 5.26 Å². The van der Waals surface area contributed by atoms with E-state index in [2.05, 4.69) is 28.1 Å². The number of hydrogen-bond acceptors (Lipinski definition) is 7. The smallest absolute Gasteiger partial charge is 0.238 e. The van der Waals surface area contributed by atoms with Gasteiger partial charge in [-0.1, -0.05) is 11.6 Å². The molecule has 0 radical (unpaired) electrons. The third kappa shape index (κ3) is 3.91. The third-order valence-electron chi connectivity index (χ3n) is 4.70. The van der Waals surface area contributed by atoms with Gasteiger partial charge >= 0.3 is 0 Å². The largest absolute Gasteiger partial charge is 0.391 e. The Balaban J connectivity index is 0.000000236. The topological polar surface area (TPSA) is 113 Å². The van der Waals surface area contributed by atoms with Crippen molar-refractivity contribution in [3.8, 4) is 6.07 Å². The van der Waals surface area contributed by atoms with Crippen LogP contribution in [-0.2, 0) is 4.74 Å². The molecule has 26 heavy (non-hydrogen) atoms. The SMILES string of the molecule is CN1CCC(c2c(C#N)c(Cl)c3cnc(N)nn23)C1.OC1CCCOC1. The van der Waals surface area contributed by atoms with Crippen LogP contribution in [0.2, 0.25) is 5.02 Å². The summed E-state index contributed by atoms with van der Waals surface area (Å²) >= 11 is 6.25. The number of nitrogen functional groups attached to an aromatic ring is 1. The number of rotatable bonds is 1. The summed E-state index contributed by atoms with van der Waals surface area (Å²) in [5, 5.41) is 22.8. The summed E-state index contributed by atoms with van der Waals surface area (Å²) in [5.74, 6) is 0.421. The number of aliphatic hydroxyl groups is 1. The van der Waals surface area contributed by atoms with E-state index >= 15 is 0 Å². The van der Waals surface area contributed by atoms with Gasteiger partial charge < -0.3 is 20.5 Å². The van der Waals surface area contributed by atoms with Crippen LogP contribution in [0.1, 0.15) is 36.4 Å². The highest BCUT2D eigenvalue weighted by atomic mass is 35.5. The van der Waals surface area contributed by atoms with Crippen LogP contribution in [0, 0.1) is 11.3 Å². The van der Waals surface area contributed by atoms with E-state index in [9.17, 15) is 5.26 Å². The summed E-state index contributed by atoms with van der Waals surface area (Å²) in [6.45, 7) is 3.26. The van der Waals surface area contributed by atoms with Crippen molar-refractivity contribution in [3.05, 3.63) is 22.5 Å². The zero-order valence-corrected chi connectivity index (χ0v) is 15.5. The van der Waals surface area contributed by atoms with Crippen molar-refractivity contribution < 1.29 is 9.84 Å². The molecule has 2 aromatic rings. The number of hydrogen-bond donors (Lipinski definition) is 2. The van der Waals surface area contributed by atoms with Crippen molar-refractivity contribution in [2.24, 2.45) is 0 Å². The van der Waals surface area contributed by atoms with Crippen LogP contribution in [0.25, 0.3) is 5.52 Å². The first kappa shape index (κ1) is 18.9. The maximum Gasteiger partial charge on any atom is 0.238 e. The van der Waals surface area contributed by atoms with Crippen LogP contribution in [0.15, 0.2) is 6.20 Å². The van der Waals surface area contributed by atoms with E-state index in [0.717, 1.165) is 44.7 Å². The number of likely N-dealkylation sites (N-methyl/N-ethyl adjacent to an activating group) is 1. The lowest BCUT2D eigenvalue weighted by molar-refractivity contribution is -0.00535. The number of aliphatic hydroxyl groups excluding tert-OH is 1. The molecule has 0 spiro atoms. The van der Waals surface area contributed by atoms with Crippen molar-refractivity contribution in [1.29, 1.82) is 5.26 Å². The molecule has 2 aromatic heterocycles. The van der Waals surface area contributed by atoms with E-state index in [4.69, 9.17) is 27.2 Å². The second-order valence-corrected chi connectivity index (χ2v) is 7.10. The van der Waals surface area contributed by atoms with Crippen LogP contribution < -0.4 is 5.73 Å². The molecule has 9 heteroatoms. The van der Waals surface area contributed by atoms with Gasteiger partial charge in [-0.05, 0) is 32.9 Å². The normalized spacial score (nSPS) is 23.5. The van der Waals surface area contributed by atoms with Crippen molar-refractivity contribution in [2.45, 2.75) is 31.3 Å². The highest BCUT2D eigenvalue weighted by molar-refractivity contribution is 6.35. The zero-order valence-electron chi connectivity index (χ0n) is 14.7. The van der Waals surface area contributed by atoms with Gasteiger partial charge in [0.25, 0.3) is 0 Å². The molecular weight excluding hydrogens is 356 g/mol. The van der Waals surface area contributed by atoms with E-state index in [0.29, 0.717) is 22.7 Å². The Hall–Kier alpha value is -1.92. The molecule has 0 bridgehead atoms. The summed E-state index contributed by atoms with van der Waals surface area (Å²) in [6.07, 6.45) is 4.29. The quantitative estimate of drug-likeness (QED) is 0.771. The van der Waals surface area contributed by atoms with Crippen LogP contribution in [0.5, 0.6) is 0 Å². The van der Waals surface area contributed by atoms with Gasteiger partial charge in [-0.25, -0.2) is 9.50 Å². The fourth-order valence-electron chi connectivity index (χ4n) is 3.41. The van der Waals surface area contributed by atoms with Crippen molar-refractivity contribution in [1.82, 2.24) is 19.5 Å². The van der Waals surface area contributed by atoms with Crippen molar-refractivity contribution in [3.63, 3.8) is 0 Å². The lowest BCUT2D eigenvalue weighted by Crippen LogP contribution is -2.21. The fraction of sp³-hybridized carbons (Fsp3) is 0.588. The second-order valence-electron chi connectivity index (χ2n) is 6.72. The standard InChI is InChI=1S/C12H13ClN6.C5H10O2/c1-18-3-2-7(6-18)11-8(4-14)10(13)9-5-16-12(15)17-19(9)11;6-5-2-1-3-7-4-5/h5,7H,2-3,6H2,1H3,(H2,15,17);5-6H,1-4H2. The van der Waals surface area contributed by atoms with Gasteiger partial charge in [0.05, 0.1) is 35.2 Å². The van der Waals surface area contributed by atoms with Gasteiger partial charge in [0.1, 0.15) is 11.6 Å². The molecule has 2 atom stereocenters. The molecule has 2 aliphatic heterocycles. The monoisotopic (exact) mass is 378 g/mol. The summed E-state index contributed by atoms with van der Waals surface area (Å²) in [5.41, 5.74) is 7.61. The first-order chi connectivity index (χ1) is 12.5. The lowest BCUT2D eigenvalue weighted by atomic mass is 10.0. The Morgan fingerprint density at radius 2 is 2.27 bits per heavy atom. The summed E-state index contributed by atoms with van der Waals surface area (Å²) in [7, 11) is 2.06. The molecule has 2 aliphatic rings. The predicted molar refractivity (Wildman–Crippen MR) is 98.0 cm³/mol. The zero-order chi connectivity index (χ0) is 18.7. The number of nitrogens with zero attached hydrogens (tertiary/aromatic N) is 5. The molecular formula is C17H23ClN6O2. The van der Waals surface area contributed by atoms with Gasteiger partial charge in [0.15, 0.2) is 0 Å². The maximum atomic E-state index is 9.36. The molecule has 2 unspecified atom stereocenters. The highest BCUT2D eigenvalue weighted by Gasteiger charge is 2.29. The molecule has 2 fully saturated rings. The van der Waals surface area contributed by atoms with Crippen molar-refractivity contribution in [2.75, 3.05) is 39.1 Å². The van der Waals surface area contributed by atoms with Gasteiger partial charge in [-0.15, -0.1) is 5.10 Å². The van der Waals surface area contributed by atoms with Gasteiger partial charge in [0.2, 0.25) is 5.95 Å². The van der Waals surface area contributed by atoms with E-state index < -0.39 is 0 Å². The number of nitriles is 1. The Bertz CT molecular complexity index is 812. The number of fused-ring (bicyclic) bond motifs is 1. The molecule has 0 amide bonds. The van der Waals surface area contributed by atoms with Crippen LogP contribution in [0.4, 0.5) is 5.95 Å². The van der Waals surface area contributed by atoms with E-state index in [-0.39, 0.29) is 18.0 Å². The second kappa shape index (κ2) is 8.18. The average Bonchev–Trinajstić information content (AvgIpc) is 3.17. The number of aromatic nitrogens is 3. The Morgan fingerprint density at radius 3 is 2.81 bits per heavy atom. The van der Waals surface area contributed by atoms with Crippen LogP contribution in [-0.4, -0.2) is 64.1 Å². The summed E-state index contributed by atoms with van der Waals surface area (Å²) < 4.78 is 6.61. The third-order valence-corrected chi connectivity index (χ3v) is 5.09. The van der Waals surface area contributed by atoms with Crippen molar-refractivity contribution >= 4 is 23.1 Å². The number of ether oxygens (including phenoxy) is 1. The van der Waals surface area contributed by atoms with E-state index in [1.54, 1.807) is 10.7 Å². The van der Waals surface area contributed by atoms with Gasteiger partial charge in [0, 0.05) is 19.1 Å². The Labute approximate surface area is 157 Å². The average molecular weight is 379 g/mol. The van der Waals surface area contributed by atoms with Crippen LogP contribution >= 0.6 is 11.6 Å². The van der Waals surface area contributed by atoms with Gasteiger partial charge in [-0.3, -0.25) is 0 Å². The highest BCUT2D eigenvalue weighted by Crippen LogP contribution is 2.35. The first-order valence-electron chi connectivity index (χ1n) is 8.68. The van der Waals surface area contributed by atoms with E-state index in [1.807, 2.05) is 0 Å². The predicted octanol–water partition coefficient (Wildman–Crippen LogP) is 1.41. The first-order valence-corrected chi connectivity index (χ1v) is 9.06. The molecule has 4 rings (SSSR count). The number of nitrogens with two attached hydrogens (primary N) is 1. The maximum absolute atomic E-state index is 9.36. The molecule has 140 valence electrons. The summed E-state index contributed by atoms with van der Waals surface area (Å²) in [4.78, 5) is 6.17. The minimum absolute atomic E-state index is 0.177. The fourth-order valence-corrected chi connectivity index (χ4v) is 3.68. The van der Waals surface area contributed by atoms with E-state index in [1.165, 1.54) is 0 Å². The minimum Gasteiger partial charge on any atom is -0.391 e. The molecule has 0 saturated carbocycles. The Morgan fingerprint density at radius 1 is 1.46 bits per heavy atom. The Kier molecular flexibility index (Phi) is 5.94. The number of anilines is 1. The number of halogens is 1. The summed E-state index contributed by atoms with van der Waals surface area (Å²) in [6, 6.07) is 2.18. The molecule has 8 nitrogen and oxygen atoms in total.